The van der Waals surface area contributed by atoms with Crippen molar-refractivity contribution < 1.29 is 0 Å². The molecule has 356 valence electrons. The number of nitrogens with zero attached hydrogens (tertiary/aromatic N) is 1. The Kier molecular flexibility index (Phi) is 14.7. The number of hydrogen-bond acceptors (Lipinski definition) is 5. The topological polar surface area (TPSA) is 60.5 Å². The third-order valence-corrected chi connectivity index (χ3v) is 17.7. The van der Waals surface area contributed by atoms with Gasteiger partial charge in [-0.1, -0.05) is 153 Å². The number of benzene rings is 2. The average Bonchev–Trinajstić information content (AvgIpc) is 3.43. The van der Waals surface area contributed by atoms with Crippen molar-refractivity contribution in [2.24, 2.45) is 34.6 Å². The Bertz CT molecular complexity index is 2420. The smallest absolute Gasteiger partial charge is 0.125 e. The van der Waals surface area contributed by atoms with E-state index in [0.29, 0.717) is 35.6 Å². The van der Waals surface area contributed by atoms with E-state index in [9.17, 15) is 0 Å². The maximum Gasteiger partial charge on any atom is 0.125 e. The van der Waals surface area contributed by atoms with Crippen LogP contribution in [0.25, 0.3) is 11.1 Å². The van der Waals surface area contributed by atoms with E-state index in [1.54, 1.807) is 16.8 Å². The zero-order chi connectivity index (χ0) is 45.7. The molecule has 8 unspecified atom stereocenters. The van der Waals surface area contributed by atoms with Crippen LogP contribution >= 0.6 is 0 Å². The molecule has 0 bridgehead atoms. The van der Waals surface area contributed by atoms with E-state index in [1.165, 1.54) is 116 Å². The summed E-state index contributed by atoms with van der Waals surface area (Å²) in [4.78, 5) is 5.86. The van der Waals surface area contributed by atoms with Gasteiger partial charge in [-0.3, -0.25) is 26.3 Å². The van der Waals surface area contributed by atoms with Crippen LogP contribution in [0.3, 0.4) is 0 Å². The molecule has 1 saturated heterocycles. The van der Waals surface area contributed by atoms with Crippen LogP contribution in [0.15, 0.2) is 149 Å². The van der Waals surface area contributed by atoms with E-state index in [4.69, 9.17) is 4.99 Å². The molecule has 7 aliphatic carbocycles. The Hall–Kier alpha value is -4.39. The molecule has 3 fully saturated rings. The van der Waals surface area contributed by atoms with Crippen molar-refractivity contribution in [3.05, 3.63) is 166 Å². The summed E-state index contributed by atoms with van der Waals surface area (Å²) in [6.45, 7) is 2.44. The van der Waals surface area contributed by atoms with Crippen molar-refractivity contribution in [3.63, 3.8) is 0 Å². The molecule has 0 aromatic heterocycles. The van der Waals surface area contributed by atoms with Crippen molar-refractivity contribution in [2.45, 2.75) is 172 Å². The largest absolute Gasteiger partial charge is 0.288 e. The molecule has 2 aromatic rings. The minimum absolute atomic E-state index is 0.0123. The normalized spacial score (nSPS) is 33.5. The molecular formula is C63H79N5. The van der Waals surface area contributed by atoms with E-state index < -0.39 is 0 Å². The summed E-state index contributed by atoms with van der Waals surface area (Å²) in [5.74, 6) is 3.49. The summed E-state index contributed by atoms with van der Waals surface area (Å²) in [6.07, 6.45) is 56.0. The van der Waals surface area contributed by atoms with E-state index in [-0.39, 0.29) is 24.7 Å². The summed E-state index contributed by atoms with van der Waals surface area (Å²) in [5, 5.41) is 16.3. The molecule has 68 heavy (non-hydrogen) atoms. The lowest BCUT2D eigenvalue weighted by atomic mass is 9.69. The minimum atomic E-state index is 0.0123. The first-order valence-corrected chi connectivity index (χ1v) is 27.6. The van der Waals surface area contributed by atoms with Crippen LogP contribution in [0, 0.1) is 29.6 Å². The fourth-order valence-electron chi connectivity index (χ4n) is 13.9. The first-order chi connectivity index (χ1) is 33.6. The van der Waals surface area contributed by atoms with Crippen molar-refractivity contribution in [1.29, 1.82) is 0 Å². The molecule has 2 aromatic carbocycles. The van der Waals surface area contributed by atoms with Crippen LogP contribution in [0.4, 0.5) is 0 Å². The van der Waals surface area contributed by atoms with Gasteiger partial charge in [-0.2, -0.15) is 0 Å². The Balaban J connectivity index is 0.805. The molecule has 2 saturated carbocycles. The first kappa shape index (κ1) is 46.0. The van der Waals surface area contributed by atoms with Crippen LogP contribution in [-0.4, -0.2) is 30.3 Å². The highest BCUT2D eigenvalue weighted by molar-refractivity contribution is 5.90. The highest BCUT2D eigenvalue weighted by atomic mass is 15.4. The molecule has 4 N–H and O–H groups in total. The number of rotatable bonds is 11. The Morgan fingerprint density at radius 1 is 0.618 bits per heavy atom. The number of allylic oxidation sites excluding steroid dienone is 14. The molecule has 5 nitrogen and oxygen atoms in total. The van der Waals surface area contributed by atoms with Gasteiger partial charge >= 0.3 is 0 Å². The van der Waals surface area contributed by atoms with Gasteiger partial charge in [0.1, 0.15) is 6.17 Å². The Morgan fingerprint density at radius 3 is 2.18 bits per heavy atom. The molecular weight excluding hydrogens is 827 g/mol. The fraction of sp³-hybridized carbons (Fsp3) is 0.508. The highest BCUT2D eigenvalue weighted by Gasteiger charge is 2.41. The van der Waals surface area contributed by atoms with Crippen LogP contribution < -0.4 is 21.3 Å². The summed E-state index contributed by atoms with van der Waals surface area (Å²) in [7, 11) is 0. The summed E-state index contributed by atoms with van der Waals surface area (Å²) in [5.41, 5.74) is 14.5. The van der Waals surface area contributed by atoms with Gasteiger partial charge in [-0.05, 0) is 183 Å². The fourth-order valence-corrected chi connectivity index (χ4v) is 13.9. The van der Waals surface area contributed by atoms with E-state index in [1.807, 2.05) is 0 Å². The second kappa shape index (κ2) is 21.7. The van der Waals surface area contributed by atoms with E-state index in [0.717, 1.165) is 57.3 Å². The van der Waals surface area contributed by atoms with Crippen LogP contribution in [0.2, 0.25) is 0 Å². The lowest BCUT2D eigenvalue weighted by molar-refractivity contribution is 0.177. The van der Waals surface area contributed by atoms with Gasteiger partial charge < -0.3 is 0 Å². The van der Waals surface area contributed by atoms with Crippen molar-refractivity contribution in [2.75, 3.05) is 0 Å². The second-order valence-electron chi connectivity index (χ2n) is 21.9. The Labute approximate surface area is 409 Å². The first-order valence-electron chi connectivity index (χ1n) is 27.6. The van der Waals surface area contributed by atoms with Gasteiger partial charge in [-0.25, -0.2) is 0 Å². The van der Waals surface area contributed by atoms with E-state index in [2.05, 4.69) is 156 Å². The maximum absolute atomic E-state index is 5.86. The van der Waals surface area contributed by atoms with Gasteiger partial charge in [0.15, 0.2) is 0 Å². The summed E-state index contributed by atoms with van der Waals surface area (Å²) in [6, 6.07) is 19.6. The molecule has 2 aliphatic heterocycles. The maximum atomic E-state index is 5.86. The molecule has 2 heterocycles. The van der Waals surface area contributed by atoms with Gasteiger partial charge in [0, 0.05) is 23.6 Å². The monoisotopic (exact) mass is 906 g/mol. The lowest BCUT2D eigenvalue weighted by Gasteiger charge is -2.45. The predicted octanol–water partition coefficient (Wildman–Crippen LogP) is 14.4. The van der Waals surface area contributed by atoms with E-state index >= 15 is 0 Å². The lowest BCUT2D eigenvalue weighted by Crippen LogP contribution is -2.69. The summed E-state index contributed by atoms with van der Waals surface area (Å²) < 4.78 is 0. The molecule has 0 radical (unpaired) electrons. The number of aliphatic imine (C=N–C) groups is 1. The average molecular weight is 906 g/mol. The van der Waals surface area contributed by atoms with Crippen molar-refractivity contribution in [3.8, 4) is 0 Å². The standard InChI is InChI=1S/C63H79N5/c1-2-57-58(45-21-9-4-10-22-45)64-62(65-59(57)46-37-35-44(36-38-46)50-28-15-27-49(39-50)43-19-7-3-8-20-43)55-33-17-31-53(41-55)51-29-16-30-52(40-51)54-32-18-34-56(42-54)63-67-60(47-23-11-5-12-24-47)66-61(68-63)48-25-13-6-14-26-48/h3,5,7,11,13,15-17,19,25-31,33-34,39,41-42,44-47,52,57-58,60-64,66-68H,2,4,6,8-10,12,14,18,20-24,32,35-38,40H2,1H3. The van der Waals surface area contributed by atoms with Gasteiger partial charge in [0.2, 0.25) is 0 Å². The van der Waals surface area contributed by atoms with Crippen molar-refractivity contribution >= 4 is 16.9 Å². The van der Waals surface area contributed by atoms with Gasteiger partial charge in [0.05, 0.1) is 18.5 Å². The van der Waals surface area contributed by atoms with Crippen LogP contribution in [0.5, 0.6) is 0 Å². The minimum Gasteiger partial charge on any atom is -0.288 e. The second-order valence-corrected chi connectivity index (χ2v) is 21.9. The molecule has 0 spiro atoms. The quantitative estimate of drug-likeness (QED) is 0.170. The zero-order valence-electron chi connectivity index (χ0n) is 41.1. The van der Waals surface area contributed by atoms with Crippen molar-refractivity contribution in [1.82, 2.24) is 21.3 Å². The van der Waals surface area contributed by atoms with Gasteiger partial charge in [0.25, 0.3) is 0 Å². The Morgan fingerprint density at radius 2 is 1.40 bits per heavy atom. The molecule has 8 atom stereocenters. The third-order valence-electron chi connectivity index (χ3n) is 17.7. The third kappa shape index (κ3) is 10.4. The SMILES string of the molecule is CCC1C(C2CCC(c3cccc(C4=CC=CCC4)c3)CC2)=NC(c2cccc(C3=CC=CC(C4=CC(C5NC(C6=CCCC=C6)NC(C6CC=CCC6)N5)=CCC4)C3)c2)NC1C1CCCCC1. The molecule has 9 aliphatic rings. The predicted molar refractivity (Wildman–Crippen MR) is 286 cm³/mol. The highest BCUT2D eigenvalue weighted by Crippen LogP contribution is 2.44. The number of nitrogens with one attached hydrogen (secondary N) is 4. The van der Waals surface area contributed by atoms with Crippen LogP contribution in [-0.2, 0) is 0 Å². The molecule has 5 heteroatoms. The van der Waals surface area contributed by atoms with Crippen LogP contribution in [0.1, 0.15) is 170 Å². The number of hydrogen-bond donors (Lipinski definition) is 4. The molecule has 11 rings (SSSR count). The van der Waals surface area contributed by atoms with Gasteiger partial charge in [-0.15, -0.1) is 0 Å². The summed E-state index contributed by atoms with van der Waals surface area (Å²) >= 11 is 0. The molecule has 0 amide bonds. The zero-order valence-corrected chi connectivity index (χ0v) is 41.1.